The molecule has 2 unspecified atom stereocenters. The van der Waals surface area contributed by atoms with Crippen molar-refractivity contribution < 1.29 is 9.53 Å². The second kappa shape index (κ2) is 7.43. The molecule has 2 aliphatic rings. The number of benzene rings is 1. The summed E-state index contributed by atoms with van der Waals surface area (Å²) in [6.45, 7) is 0. The monoisotopic (exact) mass is 391 g/mol. The minimum Gasteiger partial charge on any atom is -0.437 e. The van der Waals surface area contributed by atoms with Crippen LogP contribution in [0.25, 0.3) is 0 Å². The molecular formula is C19H19Cl2N3O2. The van der Waals surface area contributed by atoms with Gasteiger partial charge in [0.15, 0.2) is 0 Å². The van der Waals surface area contributed by atoms with Crippen LogP contribution in [0, 0.1) is 0 Å². The van der Waals surface area contributed by atoms with Gasteiger partial charge in [-0.15, -0.1) is 0 Å². The Balaban J connectivity index is 1.39. The number of amides is 1. The number of carbonyl (C=O) groups is 1. The summed E-state index contributed by atoms with van der Waals surface area (Å²) in [6.07, 6.45) is 5.90. The lowest BCUT2D eigenvalue weighted by molar-refractivity contribution is 0.0923. The van der Waals surface area contributed by atoms with Gasteiger partial charge in [0.1, 0.15) is 10.8 Å². The molecule has 26 heavy (non-hydrogen) atoms. The Morgan fingerprint density at radius 1 is 1.15 bits per heavy atom. The van der Waals surface area contributed by atoms with Gasteiger partial charge in [-0.1, -0.05) is 29.3 Å². The van der Waals surface area contributed by atoms with Gasteiger partial charge in [-0.25, -0.2) is 4.98 Å². The van der Waals surface area contributed by atoms with E-state index in [4.69, 9.17) is 27.9 Å². The largest absolute Gasteiger partial charge is 0.437 e. The lowest BCUT2D eigenvalue weighted by atomic mass is 9.99. The molecule has 7 heteroatoms. The van der Waals surface area contributed by atoms with Gasteiger partial charge in [0.2, 0.25) is 5.88 Å². The smallest absolute Gasteiger partial charge is 0.253 e. The first-order valence-corrected chi connectivity index (χ1v) is 9.49. The second-order valence-electron chi connectivity index (χ2n) is 6.82. The van der Waals surface area contributed by atoms with Crippen LogP contribution in [0.2, 0.25) is 10.0 Å². The molecule has 2 aromatic rings. The van der Waals surface area contributed by atoms with E-state index in [1.807, 2.05) is 0 Å². The van der Waals surface area contributed by atoms with Crippen LogP contribution in [0.4, 0.5) is 0 Å². The molecule has 0 aliphatic carbocycles. The number of hydrogen-bond donors (Lipinski definition) is 2. The van der Waals surface area contributed by atoms with Crippen molar-refractivity contribution in [3.8, 4) is 11.6 Å². The quantitative estimate of drug-likeness (QED) is 0.819. The molecule has 1 aromatic heterocycles. The van der Waals surface area contributed by atoms with Crippen LogP contribution in [-0.2, 0) is 0 Å². The topological polar surface area (TPSA) is 63.2 Å². The number of carbonyl (C=O) groups excluding carboxylic acids is 1. The first-order chi connectivity index (χ1) is 12.6. The lowest BCUT2D eigenvalue weighted by Crippen LogP contribution is -2.48. The Morgan fingerprint density at radius 2 is 1.92 bits per heavy atom. The van der Waals surface area contributed by atoms with Crippen molar-refractivity contribution in [2.45, 2.75) is 43.8 Å². The van der Waals surface area contributed by atoms with E-state index in [-0.39, 0.29) is 11.9 Å². The average Bonchev–Trinajstić information content (AvgIpc) is 2.98. The van der Waals surface area contributed by atoms with Gasteiger partial charge >= 0.3 is 0 Å². The molecule has 2 bridgehead atoms. The van der Waals surface area contributed by atoms with Gasteiger partial charge in [-0.05, 0) is 43.9 Å². The van der Waals surface area contributed by atoms with E-state index in [2.05, 4.69) is 15.6 Å². The van der Waals surface area contributed by atoms with Gasteiger partial charge in [-0.3, -0.25) is 4.79 Å². The van der Waals surface area contributed by atoms with Crippen LogP contribution < -0.4 is 15.4 Å². The van der Waals surface area contributed by atoms with E-state index in [0.29, 0.717) is 39.3 Å². The highest BCUT2D eigenvalue weighted by molar-refractivity contribution is 6.42. The summed E-state index contributed by atoms with van der Waals surface area (Å²) < 4.78 is 5.64. The molecule has 5 nitrogen and oxygen atoms in total. The first-order valence-electron chi connectivity index (χ1n) is 8.73. The Bertz CT molecular complexity index is 801. The molecule has 2 N–H and O–H groups in total. The number of nitrogens with one attached hydrogen (secondary N) is 2. The summed E-state index contributed by atoms with van der Waals surface area (Å²) in [6, 6.07) is 9.79. The number of pyridine rings is 1. The Kier molecular flexibility index (Phi) is 5.02. The molecule has 136 valence electrons. The zero-order chi connectivity index (χ0) is 18.1. The summed E-state index contributed by atoms with van der Waals surface area (Å²) in [4.78, 5) is 16.7. The second-order valence-corrected chi connectivity index (χ2v) is 7.60. The Labute approximate surface area is 162 Å². The SMILES string of the molecule is O=C(NC1CC2CCC(C1)N2)c1ccc(Oc2cccc(Cl)c2Cl)nc1. The number of ether oxygens (including phenoxy) is 1. The number of fused-ring (bicyclic) bond motifs is 2. The standard InChI is InChI=1S/C19H19Cl2N3O2/c20-15-2-1-3-16(18(15)21)26-17-7-4-11(10-22-17)19(25)24-14-8-12-5-6-13(9-14)23-12/h1-4,7,10,12-14,23H,5-6,8-9H2,(H,24,25). The Hall–Kier alpha value is -1.82. The van der Waals surface area contributed by atoms with Crippen LogP contribution in [0.3, 0.4) is 0 Å². The van der Waals surface area contributed by atoms with Crippen molar-refractivity contribution in [3.63, 3.8) is 0 Å². The molecule has 2 saturated heterocycles. The highest BCUT2D eigenvalue weighted by Gasteiger charge is 2.34. The fraction of sp³-hybridized carbons (Fsp3) is 0.368. The Morgan fingerprint density at radius 3 is 2.62 bits per heavy atom. The van der Waals surface area contributed by atoms with Crippen LogP contribution in [-0.4, -0.2) is 29.0 Å². The number of hydrogen-bond acceptors (Lipinski definition) is 4. The van der Waals surface area contributed by atoms with Crippen molar-refractivity contribution in [1.82, 2.24) is 15.6 Å². The third kappa shape index (κ3) is 3.80. The van der Waals surface area contributed by atoms with Gasteiger partial charge in [-0.2, -0.15) is 0 Å². The third-order valence-corrected chi connectivity index (χ3v) is 5.74. The van der Waals surface area contributed by atoms with E-state index in [0.717, 1.165) is 12.8 Å². The summed E-state index contributed by atoms with van der Waals surface area (Å²) >= 11 is 12.1. The number of piperidine rings is 1. The molecule has 0 radical (unpaired) electrons. The van der Waals surface area contributed by atoms with Crippen LogP contribution in [0.1, 0.15) is 36.0 Å². The average molecular weight is 392 g/mol. The highest BCUT2D eigenvalue weighted by atomic mass is 35.5. The predicted molar refractivity (Wildman–Crippen MR) is 101 cm³/mol. The van der Waals surface area contributed by atoms with Gasteiger partial charge in [0, 0.05) is 30.4 Å². The summed E-state index contributed by atoms with van der Waals surface area (Å²) in [7, 11) is 0. The lowest BCUT2D eigenvalue weighted by Gasteiger charge is -2.29. The van der Waals surface area contributed by atoms with E-state index >= 15 is 0 Å². The maximum atomic E-state index is 12.5. The molecule has 2 fully saturated rings. The normalized spacial score (nSPS) is 24.3. The summed E-state index contributed by atoms with van der Waals surface area (Å²) in [5, 5.41) is 7.44. The molecule has 2 atom stereocenters. The van der Waals surface area contributed by atoms with Crippen LogP contribution >= 0.6 is 23.2 Å². The van der Waals surface area contributed by atoms with Crippen molar-refractivity contribution in [1.29, 1.82) is 0 Å². The molecule has 1 amide bonds. The maximum Gasteiger partial charge on any atom is 0.253 e. The molecule has 2 aliphatic heterocycles. The van der Waals surface area contributed by atoms with Crippen molar-refractivity contribution in [2.24, 2.45) is 0 Å². The first kappa shape index (κ1) is 17.6. The minimum atomic E-state index is -0.101. The number of halogens is 2. The van der Waals surface area contributed by atoms with E-state index in [9.17, 15) is 4.79 Å². The zero-order valence-corrected chi connectivity index (χ0v) is 15.6. The number of aromatic nitrogens is 1. The van der Waals surface area contributed by atoms with Crippen molar-refractivity contribution >= 4 is 29.1 Å². The molecular weight excluding hydrogens is 373 g/mol. The predicted octanol–water partition coefficient (Wildman–Crippen LogP) is 4.19. The van der Waals surface area contributed by atoms with Crippen LogP contribution in [0.15, 0.2) is 36.5 Å². The number of nitrogens with zero attached hydrogens (tertiary/aromatic N) is 1. The molecule has 1 aromatic carbocycles. The van der Waals surface area contributed by atoms with Crippen LogP contribution in [0.5, 0.6) is 11.6 Å². The summed E-state index contributed by atoms with van der Waals surface area (Å²) in [5.41, 5.74) is 0.514. The van der Waals surface area contributed by atoms with Gasteiger partial charge in [0.05, 0.1) is 10.6 Å². The summed E-state index contributed by atoms with van der Waals surface area (Å²) in [5.74, 6) is 0.677. The van der Waals surface area contributed by atoms with Crippen molar-refractivity contribution in [2.75, 3.05) is 0 Å². The van der Waals surface area contributed by atoms with E-state index in [1.54, 1.807) is 30.3 Å². The highest BCUT2D eigenvalue weighted by Crippen LogP contribution is 2.34. The van der Waals surface area contributed by atoms with E-state index in [1.165, 1.54) is 19.0 Å². The maximum absolute atomic E-state index is 12.5. The number of rotatable bonds is 4. The molecule has 0 saturated carbocycles. The van der Waals surface area contributed by atoms with Crippen molar-refractivity contribution in [3.05, 3.63) is 52.1 Å². The molecule has 0 spiro atoms. The fourth-order valence-electron chi connectivity index (χ4n) is 3.69. The third-order valence-electron chi connectivity index (χ3n) is 4.94. The van der Waals surface area contributed by atoms with Gasteiger partial charge in [0.25, 0.3) is 5.91 Å². The molecule has 3 heterocycles. The minimum absolute atomic E-state index is 0.101. The fourth-order valence-corrected chi connectivity index (χ4v) is 4.02. The van der Waals surface area contributed by atoms with E-state index < -0.39 is 0 Å². The van der Waals surface area contributed by atoms with Gasteiger partial charge < -0.3 is 15.4 Å². The zero-order valence-electron chi connectivity index (χ0n) is 14.0. The molecule has 4 rings (SSSR count).